The van der Waals surface area contributed by atoms with Gasteiger partial charge in [0, 0.05) is 12.6 Å². The monoisotopic (exact) mass is 481 g/mol. The molecule has 7 nitrogen and oxygen atoms in total. The highest BCUT2D eigenvalue weighted by Gasteiger charge is 2.46. The molecule has 1 atom stereocenters. The Morgan fingerprint density at radius 3 is 2.20 bits per heavy atom. The molecule has 0 aromatic heterocycles. The summed E-state index contributed by atoms with van der Waals surface area (Å²) >= 11 is 0. The van der Waals surface area contributed by atoms with Crippen molar-refractivity contribution in [3.8, 4) is 17.2 Å². The number of hydrogen-bond acceptors (Lipinski definition) is 6. The summed E-state index contributed by atoms with van der Waals surface area (Å²) in [6.07, 6.45) is 0.673. The second-order valence-corrected chi connectivity index (χ2v) is 8.79. The highest BCUT2D eigenvalue weighted by Crippen LogP contribution is 2.42. The van der Waals surface area contributed by atoms with E-state index >= 15 is 0 Å². The number of likely N-dealkylation sites (tertiary alicyclic amines) is 1. The van der Waals surface area contributed by atoms with Crippen molar-refractivity contribution in [1.29, 1.82) is 0 Å². The molecule has 7 heteroatoms. The molecular weight excluding hydrogens is 446 g/mol. The minimum absolute atomic E-state index is 0.0458. The molecular formula is C28H35NO6. The second kappa shape index (κ2) is 11.8. The molecule has 0 saturated carbocycles. The maximum Gasteiger partial charge on any atom is 0.295 e. The average Bonchev–Trinajstić information content (AvgIpc) is 3.08. The van der Waals surface area contributed by atoms with Crippen molar-refractivity contribution >= 4 is 17.4 Å². The molecule has 0 bridgehead atoms. The standard InChI is InChI=1S/C28H35NO6/c1-6-15-29-25(19-9-11-20(12-10-19)35-17-18(4)5)24(27(31)28(29)32)26(30)22-14-13-21(33-7-2)16-23(22)34-8-3/h9-14,16,18,25,30H,6-8,15,17H2,1-5H3/b26-24-. The van der Waals surface area contributed by atoms with Crippen LogP contribution in [0, 0.1) is 5.92 Å². The summed E-state index contributed by atoms with van der Waals surface area (Å²) in [6.45, 7) is 11.6. The number of aliphatic hydroxyl groups excluding tert-OH is 1. The molecule has 1 unspecified atom stereocenters. The summed E-state index contributed by atoms with van der Waals surface area (Å²) in [7, 11) is 0. The second-order valence-electron chi connectivity index (χ2n) is 8.79. The number of carbonyl (C=O) groups is 2. The van der Waals surface area contributed by atoms with Gasteiger partial charge in [-0.15, -0.1) is 0 Å². The van der Waals surface area contributed by atoms with Gasteiger partial charge in [-0.25, -0.2) is 0 Å². The van der Waals surface area contributed by atoms with Gasteiger partial charge in [0.25, 0.3) is 11.7 Å². The summed E-state index contributed by atoms with van der Waals surface area (Å²) in [5.74, 6) is 0.472. The number of ether oxygens (including phenoxy) is 3. The number of amides is 1. The largest absolute Gasteiger partial charge is 0.507 e. The third kappa shape index (κ3) is 5.78. The molecule has 0 spiro atoms. The summed E-state index contributed by atoms with van der Waals surface area (Å²) in [4.78, 5) is 27.7. The van der Waals surface area contributed by atoms with E-state index in [0.717, 1.165) is 5.56 Å². The number of hydrogen-bond donors (Lipinski definition) is 1. The number of aliphatic hydroxyl groups is 1. The highest BCUT2D eigenvalue weighted by molar-refractivity contribution is 6.46. The fraction of sp³-hybridized carbons (Fsp3) is 0.429. The molecule has 1 heterocycles. The first kappa shape index (κ1) is 26.1. The Labute approximate surface area is 207 Å². The van der Waals surface area contributed by atoms with Crippen LogP contribution in [0.2, 0.25) is 0 Å². The molecule has 1 aliphatic rings. The Kier molecular flexibility index (Phi) is 8.79. The van der Waals surface area contributed by atoms with Crippen LogP contribution in [-0.4, -0.2) is 48.1 Å². The van der Waals surface area contributed by atoms with Crippen LogP contribution in [0.15, 0.2) is 48.0 Å². The average molecular weight is 482 g/mol. The summed E-state index contributed by atoms with van der Waals surface area (Å²) in [5, 5.41) is 11.4. The lowest BCUT2D eigenvalue weighted by molar-refractivity contribution is -0.139. The van der Waals surface area contributed by atoms with Crippen molar-refractivity contribution in [1.82, 2.24) is 4.90 Å². The van der Waals surface area contributed by atoms with Crippen LogP contribution in [-0.2, 0) is 9.59 Å². The molecule has 2 aromatic carbocycles. The topological polar surface area (TPSA) is 85.3 Å². The van der Waals surface area contributed by atoms with E-state index in [1.165, 1.54) is 4.90 Å². The van der Waals surface area contributed by atoms with E-state index in [9.17, 15) is 14.7 Å². The molecule has 188 valence electrons. The zero-order valence-corrected chi connectivity index (χ0v) is 21.2. The Morgan fingerprint density at radius 1 is 0.943 bits per heavy atom. The van der Waals surface area contributed by atoms with Crippen molar-refractivity contribution in [2.45, 2.75) is 47.1 Å². The fourth-order valence-electron chi connectivity index (χ4n) is 4.08. The lowest BCUT2D eigenvalue weighted by atomic mass is 9.95. The Hall–Kier alpha value is -3.48. The van der Waals surface area contributed by atoms with Crippen molar-refractivity contribution in [2.24, 2.45) is 5.92 Å². The molecule has 0 aliphatic carbocycles. The molecule has 1 N–H and O–H groups in total. The molecule has 3 rings (SSSR count). The van der Waals surface area contributed by atoms with Gasteiger partial charge in [0.15, 0.2) is 0 Å². The lowest BCUT2D eigenvalue weighted by Gasteiger charge is -2.25. The molecule has 1 fully saturated rings. The minimum atomic E-state index is -0.713. The van der Waals surface area contributed by atoms with Gasteiger partial charge in [-0.2, -0.15) is 0 Å². The van der Waals surface area contributed by atoms with Crippen molar-refractivity contribution in [3.63, 3.8) is 0 Å². The van der Waals surface area contributed by atoms with Crippen LogP contribution in [0.4, 0.5) is 0 Å². The molecule has 35 heavy (non-hydrogen) atoms. The van der Waals surface area contributed by atoms with Gasteiger partial charge in [0.05, 0.1) is 37.0 Å². The van der Waals surface area contributed by atoms with E-state index in [2.05, 4.69) is 13.8 Å². The Morgan fingerprint density at radius 2 is 1.60 bits per heavy atom. The number of benzene rings is 2. The van der Waals surface area contributed by atoms with Crippen LogP contribution in [0.1, 0.15) is 58.2 Å². The minimum Gasteiger partial charge on any atom is -0.507 e. The predicted molar refractivity (Wildman–Crippen MR) is 135 cm³/mol. The molecule has 0 radical (unpaired) electrons. The first-order valence-corrected chi connectivity index (χ1v) is 12.2. The van der Waals surface area contributed by atoms with Gasteiger partial charge in [-0.3, -0.25) is 9.59 Å². The van der Waals surface area contributed by atoms with Crippen LogP contribution in [0.3, 0.4) is 0 Å². The van der Waals surface area contributed by atoms with Gasteiger partial charge in [-0.05, 0) is 56.0 Å². The number of ketones is 1. The first-order chi connectivity index (χ1) is 16.8. The van der Waals surface area contributed by atoms with Gasteiger partial charge in [-0.1, -0.05) is 32.9 Å². The first-order valence-electron chi connectivity index (χ1n) is 12.2. The van der Waals surface area contributed by atoms with E-state index in [1.807, 2.05) is 45.0 Å². The van der Waals surface area contributed by atoms with Crippen LogP contribution in [0.25, 0.3) is 5.76 Å². The van der Waals surface area contributed by atoms with Crippen molar-refractivity contribution < 1.29 is 28.9 Å². The van der Waals surface area contributed by atoms with Crippen molar-refractivity contribution in [3.05, 3.63) is 59.2 Å². The van der Waals surface area contributed by atoms with E-state index in [1.54, 1.807) is 18.2 Å². The molecule has 1 saturated heterocycles. The maximum atomic E-state index is 13.2. The van der Waals surface area contributed by atoms with Crippen LogP contribution < -0.4 is 14.2 Å². The maximum absolute atomic E-state index is 13.2. The van der Waals surface area contributed by atoms with Gasteiger partial charge in [0.2, 0.25) is 0 Å². The number of nitrogens with zero attached hydrogens (tertiary/aromatic N) is 1. The van der Waals surface area contributed by atoms with Crippen LogP contribution >= 0.6 is 0 Å². The van der Waals surface area contributed by atoms with E-state index in [4.69, 9.17) is 14.2 Å². The van der Waals surface area contributed by atoms with E-state index in [0.29, 0.717) is 61.5 Å². The number of rotatable bonds is 11. The normalized spacial score (nSPS) is 17.2. The summed E-state index contributed by atoms with van der Waals surface area (Å²) in [5.41, 5.74) is 1.11. The SMILES string of the molecule is CCCN1C(=O)C(=O)/C(=C(\O)c2ccc(OCC)cc2OCC)C1c1ccc(OCC(C)C)cc1. The Balaban J connectivity index is 2.10. The van der Waals surface area contributed by atoms with Crippen LogP contribution in [0.5, 0.6) is 17.2 Å². The molecule has 1 amide bonds. The third-order valence-corrected chi connectivity index (χ3v) is 5.60. The summed E-state index contributed by atoms with van der Waals surface area (Å²) in [6, 6.07) is 11.7. The molecule has 1 aliphatic heterocycles. The fourth-order valence-corrected chi connectivity index (χ4v) is 4.08. The number of carbonyl (C=O) groups excluding carboxylic acids is 2. The van der Waals surface area contributed by atoms with Gasteiger partial charge in [0.1, 0.15) is 23.0 Å². The quantitative estimate of drug-likeness (QED) is 0.265. The third-order valence-electron chi connectivity index (χ3n) is 5.60. The Bertz CT molecular complexity index is 1070. The van der Waals surface area contributed by atoms with E-state index in [-0.39, 0.29) is 11.3 Å². The summed E-state index contributed by atoms with van der Waals surface area (Å²) < 4.78 is 17.1. The zero-order valence-electron chi connectivity index (χ0n) is 21.2. The van der Waals surface area contributed by atoms with Gasteiger partial charge >= 0.3 is 0 Å². The smallest absolute Gasteiger partial charge is 0.295 e. The van der Waals surface area contributed by atoms with Crippen molar-refractivity contribution in [2.75, 3.05) is 26.4 Å². The zero-order chi connectivity index (χ0) is 25.5. The highest BCUT2D eigenvalue weighted by atomic mass is 16.5. The lowest BCUT2D eigenvalue weighted by Crippen LogP contribution is -2.30. The van der Waals surface area contributed by atoms with Gasteiger partial charge < -0.3 is 24.2 Å². The molecule has 2 aromatic rings. The van der Waals surface area contributed by atoms with E-state index < -0.39 is 17.7 Å². The number of Topliss-reactive ketones (excluding diaryl/α,β-unsaturated/α-hetero) is 1. The predicted octanol–water partition coefficient (Wildman–Crippen LogP) is 5.35.